The van der Waals surface area contributed by atoms with Crippen molar-refractivity contribution in [2.24, 2.45) is 5.92 Å². The van der Waals surface area contributed by atoms with Gasteiger partial charge in [0.2, 0.25) is 0 Å². The Hall–Kier alpha value is -0.990. The third-order valence-electron chi connectivity index (χ3n) is 2.60. The Kier molecular flexibility index (Phi) is 3.55. The molecule has 0 radical (unpaired) electrons. The van der Waals surface area contributed by atoms with E-state index >= 15 is 0 Å². The quantitative estimate of drug-likeness (QED) is 0.776. The number of nitrogens with zero attached hydrogens (tertiary/aromatic N) is 1. The highest BCUT2D eigenvalue weighted by atomic mass is 15.2. The Morgan fingerprint density at radius 3 is 2.50 bits per heavy atom. The van der Waals surface area contributed by atoms with Crippen LogP contribution in [0.5, 0.6) is 0 Å². The lowest BCUT2D eigenvalue weighted by molar-refractivity contribution is 0.513. The molecule has 1 heterocycles. The second kappa shape index (κ2) is 4.49. The minimum absolute atomic E-state index is 0.523. The molecule has 0 amide bonds. The Labute approximate surface area is 86.1 Å². The fourth-order valence-corrected chi connectivity index (χ4v) is 2.00. The van der Waals surface area contributed by atoms with Crippen molar-refractivity contribution in [1.29, 1.82) is 0 Å². The Bertz CT molecular complexity index is 289. The first-order valence-electron chi connectivity index (χ1n) is 5.38. The first-order chi connectivity index (χ1) is 6.56. The predicted octanol–water partition coefficient (Wildman–Crippen LogP) is 2.70. The molecule has 0 aromatic carbocycles. The minimum atomic E-state index is 0.523. The average Bonchev–Trinajstić information content (AvgIpc) is 2.45. The van der Waals surface area contributed by atoms with E-state index in [2.05, 4.69) is 37.9 Å². The summed E-state index contributed by atoms with van der Waals surface area (Å²) in [5.41, 5.74) is 8.19. The zero-order valence-corrected chi connectivity index (χ0v) is 9.59. The maximum atomic E-state index is 5.78. The van der Waals surface area contributed by atoms with E-state index in [0.717, 1.165) is 6.42 Å². The van der Waals surface area contributed by atoms with Gasteiger partial charge in [0.05, 0.1) is 0 Å². The minimum Gasteiger partial charge on any atom is -0.382 e. The van der Waals surface area contributed by atoms with E-state index in [1.807, 2.05) is 0 Å². The largest absolute Gasteiger partial charge is 0.382 e. The van der Waals surface area contributed by atoms with Crippen LogP contribution in [0.1, 0.15) is 51.3 Å². The third-order valence-corrected chi connectivity index (χ3v) is 2.60. The van der Waals surface area contributed by atoms with Gasteiger partial charge in [-0.1, -0.05) is 27.7 Å². The number of nitrogens with two attached hydrogens (primary N) is 1. The van der Waals surface area contributed by atoms with E-state index in [0.29, 0.717) is 17.7 Å². The lowest BCUT2D eigenvalue weighted by Crippen LogP contribution is -2.02. The van der Waals surface area contributed by atoms with Crippen LogP contribution in [0.3, 0.4) is 0 Å². The fourth-order valence-electron chi connectivity index (χ4n) is 2.00. The molecule has 3 nitrogen and oxygen atoms in total. The number of anilines is 1. The van der Waals surface area contributed by atoms with Crippen LogP contribution in [0.4, 0.5) is 5.82 Å². The SMILES string of the molecule is CCc1c(N)n[nH]c1C(C)CC(C)C. The standard InChI is InChI=1S/C11H21N3/c1-5-9-10(13-14-11(9)12)8(4)6-7(2)3/h7-8H,5-6H2,1-4H3,(H3,12,13,14). The van der Waals surface area contributed by atoms with Gasteiger partial charge in [0.15, 0.2) is 0 Å². The number of hydrogen-bond donors (Lipinski definition) is 2. The molecule has 0 spiro atoms. The molecule has 0 aliphatic carbocycles. The molecule has 1 rings (SSSR count). The summed E-state index contributed by atoms with van der Waals surface area (Å²) in [6.45, 7) is 8.82. The van der Waals surface area contributed by atoms with Gasteiger partial charge in [-0.25, -0.2) is 0 Å². The van der Waals surface area contributed by atoms with Gasteiger partial charge in [-0.3, -0.25) is 5.10 Å². The Morgan fingerprint density at radius 2 is 2.00 bits per heavy atom. The van der Waals surface area contributed by atoms with Crippen molar-refractivity contribution in [2.75, 3.05) is 5.73 Å². The molecule has 3 N–H and O–H groups in total. The van der Waals surface area contributed by atoms with Crippen LogP contribution in [0.15, 0.2) is 0 Å². The number of aromatic nitrogens is 2. The molecule has 1 atom stereocenters. The number of H-pyrrole nitrogens is 1. The topological polar surface area (TPSA) is 54.7 Å². The van der Waals surface area contributed by atoms with Crippen molar-refractivity contribution in [3.05, 3.63) is 11.3 Å². The normalized spacial score (nSPS) is 13.5. The van der Waals surface area contributed by atoms with Crippen LogP contribution in [0.25, 0.3) is 0 Å². The molecule has 80 valence electrons. The molecule has 0 aliphatic rings. The zero-order chi connectivity index (χ0) is 10.7. The molecule has 0 aliphatic heterocycles. The van der Waals surface area contributed by atoms with E-state index in [1.54, 1.807) is 0 Å². The van der Waals surface area contributed by atoms with E-state index in [-0.39, 0.29) is 0 Å². The maximum absolute atomic E-state index is 5.78. The van der Waals surface area contributed by atoms with Gasteiger partial charge in [-0.05, 0) is 24.7 Å². The number of hydrogen-bond acceptors (Lipinski definition) is 2. The van der Waals surface area contributed by atoms with E-state index in [1.165, 1.54) is 17.7 Å². The summed E-state index contributed by atoms with van der Waals surface area (Å²) < 4.78 is 0. The third kappa shape index (κ3) is 2.28. The molecule has 0 fully saturated rings. The molecule has 0 bridgehead atoms. The van der Waals surface area contributed by atoms with Gasteiger partial charge >= 0.3 is 0 Å². The summed E-state index contributed by atoms with van der Waals surface area (Å²) in [6.07, 6.45) is 2.13. The Morgan fingerprint density at radius 1 is 1.36 bits per heavy atom. The molecule has 0 saturated carbocycles. The molecule has 1 unspecified atom stereocenters. The molecule has 1 aromatic rings. The van der Waals surface area contributed by atoms with Crippen molar-refractivity contribution >= 4 is 5.82 Å². The molecule has 14 heavy (non-hydrogen) atoms. The summed E-state index contributed by atoms with van der Waals surface area (Å²) in [7, 11) is 0. The van der Waals surface area contributed by atoms with Crippen LogP contribution in [0, 0.1) is 5.92 Å². The highest BCUT2D eigenvalue weighted by Gasteiger charge is 2.15. The van der Waals surface area contributed by atoms with E-state index < -0.39 is 0 Å². The number of aromatic amines is 1. The summed E-state index contributed by atoms with van der Waals surface area (Å²) >= 11 is 0. The summed E-state index contributed by atoms with van der Waals surface area (Å²) in [5.74, 6) is 1.90. The molecular weight excluding hydrogens is 174 g/mol. The first kappa shape index (κ1) is 11.1. The van der Waals surface area contributed by atoms with Gasteiger partial charge in [-0.15, -0.1) is 0 Å². The van der Waals surface area contributed by atoms with E-state index in [4.69, 9.17) is 5.73 Å². The van der Waals surface area contributed by atoms with Crippen molar-refractivity contribution < 1.29 is 0 Å². The van der Waals surface area contributed by atoms with Crippen LogP contribution >= 0.6 is 0 Å². The van der Waals surface area contributed by atoms with Gasteiger partial charge < -0.3 is 5.73 Å². The second-order valence-electron chi connectivity index (χ2n) is 4.39. The molecule has 1 aromatic heterocycles. The van der Waals surface area contributed by atoms with Crippen molar-refractivity contribution in [3.8, 4) is 0 Å². The van der Waals surface area contributed by atoms with E-state index in [9.17, 15) is 0 Å². The number of rotatable bonds is 4. The zero-order valence-electron chi connectivity index (χ0n) is 9.59. The molecule has 3 heteroatoms. The lowest BCUT2D eigenvalue weighted by Gasteiger charge is -2.13. The number of nitrogens with one attached hydrogen (secondary N) is 1. The van der Waals surface area contributed by atoms with Crippen molar-refractivity contribution in [3.63, 3.8) is 0 Å². The summed E-state index contributed by atoms with van der Waals surface area (Å²) in [6, 6.07) is 0. The second-order valence-corrected chi connectivity index (χ2v) is 4.39. The fraction of sp³-hybridized carbons (Fsp3) is 0.727. The maximum Gasteiger partial charge on any atom is 0.148 e. The van der Waals surface area contributed by atoms with Crippen LogP contribution in [0.2, 0.25) is 0 Å². The summed E-state index contributed by atoms with van der Waals surface area (Å²) in [4.78, 5) is 0. The van der Waals surface area contributed by atoms with Crippen LogP contribution < -0.4 is 5.73 Å². The smallest absolute Gasteiger partial charge is 0.148 e. The lowest BCUT2D eigenvalue weighted by atomic mass is 9.93. The van der Waals surface area contributed by atoms with Gasteiger partial charge in [0, 0.05) is 11.3 Å². The monoisotopic (exact) mass is 195 g/mol. The van der Waals surface area contributed by atoms with Gasteiger partial charge in [-0.2, -0.15) is 5.10 Å². The average molecular weight is 195 g/mol. The van der Waals surface area contributed by atoms with Gasteiger partial charge in [0.1, 0.15) is 5.82 Å². The predicted molar refractivity (Wildman–Crippen MR) is 60.2 cm³/mol. The van der Waals surface area contributed by atoms with Crippen LogP contribution in [-0.4, -0.2) is 10.2 Å². The van der Waals surface area contributed by atoms with Crippen molar-refractivity contribution in [2.45, 2.75) is 46.5 Å². The van der Waals surface area contributed by atoms with Crippen LogP contribution in [-0.2, 0) is 6.42 Å². The van der Waals surface area contributed by atoms with Crippen molar-refractivity contribution in [1.82, 2.24) is 10.2 Å². The highest BCUT2D eigenvalue weighted by molar-refractivity contribution is 5.43. The summed E-state index contributed by atoms with van der Waals surface area (Å²) in [5, 5.41) is 7.12. The molecule has 0 saturated heterocycles. The number of nitrogen functional groups attached to an aromatic ring is 1. The first-order valence-corrected chi connectivity index (χ1v) is 5.38. The molecular formula is C11H21N3. The highest BCUT2D eigenvalue weighted by Crippen LogP contribution is 2.27. The Balaban J connectivity index is 2.83. The van der Waals surface area contributed by atoms with Gasteiger partial charge in [0.25, 0.3) is 0 Å².